The summed E-state index contributed by atoms with van der Waals surface area (Å²) in [7, 11) is 3.53. The number of fused-ring (bicyclic) bond motifs is 5. The first kappa shape index (κ1) is 18.1. The summed E-state index contributed by atoms with van der Waals surface area (Å²) in [5, 5.41) is 13.4. The number of rotatable bonds is 1. The molecule has 1 amide bonds. The number of nitrogens with one attached hydrogen (secondary N) is 1. The number of benzene rings is 2. The summed E-state index contributed by atoms with van der Waals surface area (Å²) >= 11 is 6.18. The molecular weight excluding hydrogens is 364 g/mol. The Hall–Kier alpha value is -2.24. The quantitative estimate of drug-likeness (QED) is 0.772. The van der Waals surface area contributed by atoms with E-state index in [1.807, 2.05) is 24.3 Å². The summed E-state index contributed by atoms with van der Waals surface area (Å²) in [5.41, 5.74) is 5.56. The van der Waals surface area contributed by atoms with E-state index in [9.17, 15) is 9.90 Å². The molecule has 5 nitrogen and oxygen atoms in total. The topological polar surface area (TPSA) is 61.8 Å². The molecule has 0 saturated heterocycles. The van der Waals surface area contributed by atoms with Gasteiger partial charge in [-0.3, -0.25) is 5.32 Å². The molecule has 1 heterocycles. The van der Waals surface area contributed by atoms with Crippen LogP contribution in [0.15, 0.2) is 30.3 Å². The number of aryl methyl sites for hydroxylation is 1. The van der Waals surface area contributed by atoms with Crippen LogP contribution in [0.2, 0.25) is 5.02 Å². The minimum absolute atomic E-state index is 0.134. The van der Waals surface area contributed by atoms with Gasteiger partial charge in [0.25, 0.3) is 0 Å². The maximum Gasteiger partial charge on any atom is 0.411 e. The highest BCUT2D eigenvalue weighted by Crippen LogP contribution is 2.44. The Morgan fingerprint density at radius 1 is 1.22 bits per heavy atom. The van der Waals surface area contributed by atoms with Crippen molar-refractivity contribution >= 4 is 23.4 Å². The van der Waals surface area contributed by atoms with Crippen molar-refractivity contribution in [3.63, 3.8) is 0 Å². The number of anilines is 1. The van der Waals surface area contributed by atoms with Crippen molar-refractivity contribution in [1.29, 1.82) is 0 Å². The van der Waals surface area contributed by atoms with Crippen LogP contribution in [-0.2, 0) is 17.6 Å². The van der Waals surface area contributed by atoms with Gasteiger partial charge in [0.05, 0.1) is 12.1 Å². The van der Waals surface area contributed by atoms with Crippen molar-refractivity contribution in [3.05, 3.63) is 57.6 Å². The molecule has 1 aliphatic carbocycles. The highest BCUT2D eigenvalue weighted by Gasteiger charge is 2.37. The third-order valence-corrected chi connectivity index (χ3v) is 6.15. The van der Waals surface area contributed by atoms with E-state index in [4.69, 9.17) is 11.6 Å². The van der Waals surface area contributed by atoms with Crippen LogP contribution in [0.25, 0.3) is 0 Å². The average Bonchev–Trinajstić information content (AvgIpc) is 2.79. The normalized spacial score (nSPS) is 21.4. The minimum atomic E-state index is -0.470. The van der Waals surface area contributed by atoms with E-state index in [2.05, 4.69) is 28.1 Å². The fraction of sp³-hybridized carbons (Fsp3) is 0.381. The molecule has 0 spiro atoms. The molecule has 142 valence electrons. The Balaban J connectivity index is 1.81. The molecule has 2 atom stereocenters. The lowest BCUT2D eigenvalue weighted by atomic mass is 9.74. The van der Waals surface area contributed by atoms with Gasteiger partial charge < -0.3 is 14.7 Å². The summed E-state index contributed by atoms with van der Waals surface area (Å²) < 4.78 is 4.69. The Labute approximate surface area is 163 Å². The molecule has 0 saturated carbocycles. The average molecular weight is 387 g/mol. The first-order valence-corrected chi connectivity index (χ1v) is 9.55. The van der Waals surface area contributed by atoms with Crippen molar-refractivity contribution in [1.82, 2.24) is 4.90 Å². The molecule has 2 aromatic carbocycles. The predicted octanol–water partition coefficient (Wildman–Crippen LogP) is 4.16. The number of carbonyl (C=O) groups is 1. The van der Waals surface area contributed by atoms with Crippen LogP contribution < -0.4 is 5.32 Å². The van der Waals surface area contributed by atoms with Gasteiger partial charge in [0, 0.05) is 24.2 Å². The van der Waals surface area contributed by atoms with Crippen molar-refractivity contribution in [2.24, 2.45) is 0 Å². The lowest BCUT2D eigenvalue weighted by molar-refractivity contribution is 0.187. The third-order valence-electron chi connectivity index (χ3n) is 5.85. The van der Waals surface area contributed by atoms with Crippen LogP contribution in [-0.4, -0.2) is 42.8 Å². The van der Waals surface area contributed by atoms with E-state index in [-0.39, 0.29) is 11.7 Å². The van der Waals surface area contributed by atoms with E-state index in [1.54, 1.807) is 0 Å². The van der Waals surface area contributed by atoms with Crippen molar-refractivity contribution in [2.75, 3.05) is 26.0 Å². The number of phenolic OH excluding ortho intramolecular Hbond substituents is 1. The van der Waals surface area contributed by atoms with Gasteiger partial charge in [-0.05, 0) is 72.8 Å². The highest BCUT2D eigenvalue weighted by molar-refractivity contribution is 6.32. The summed E-state index contributed by atoms with van der Waals surface area (Å²) in [6.07, 6.45) is 2.42. The Bertz CT molecular complexity index is 899. The summed E-state index contributed by atoms with van der Waals surface area (Å²) in [4.78, 5) is 13.9. The Kier molecular flexibility index (Phi) is 4.74. The number of amides is 1. The molecule has 0 fully saturated rings. The molecule has 27 heavy (non-hydrogen) atoms. The number of carbonyl (C=O) groups excluding carboxylic acids is 1. The smallest absolute Gasteiger partial charge is 0.411 e. The molecule has 0 radical (unpaired) electrons. The van der Waals surface area contributed by atoms with Gasteiger partial charge in [-0.2, -0.15) is 0 Å². The van der Waals surface area contributed by atoms with Crippen LogP contribution in [0.1, 0.15) is 34.6 Å². The van der Waals surface area contributed by atoms with Crippen molar-refractivity contribution in [2.45, 2.75) is 31.2 Å². The molecule has 0 unspecified atom stereocenters. The number of hydrogen-bond acceptors (Lipinski definition) is 4. The molecule has 4 rings (SSSR count). The first-order valence-electron chi connectivity index (χ1n) is 9.17. The van der Waals surface area contributed by atoms with Gasteiger partial charge in [0.2, 0.25) is 0 Å². The fourth-order valence-corrected chi connectivity index (χ4v) is 4.67. The maximum atomic E-state index is 11.5. The van der Waals surface area contributed by atoms with Gasteiger partial charge >= 0.3 is 6.09 Å². The number of methoxy groups -OCH3 is 1. The van der Waals surface area contributed by atoms with Gasteiger partial charge in [0.15, 0.2) is 0 Å². The molecule has 0 bridgehead atoms. The maximum absolute atomic E-state index is 11.5. The third kappa shape index (κ3) is 3.26. The van der Waals surface area contributed by atoms with Gasteiger partial charge in [-0.1, -0.05) is 17.7 Å². The number of aromatic hydroxyl groups is 1. The molecule has 2 N–H and O–H groups in total. The van der Waals surface area contributed by atoms with E-state index in [0.717, 1.165) is 37.1 Å². The van der Waals surface area contributed by atoms with Crippen LogP contribution in [0.4, 0.5) is 10.5 Å². The van der Waals surface area contributed by atoms with Gasteiger partial charge in [0.1, 0.15) is 5.75 Å². The number of ether oxygens (including phenoxy) is 1. The largest absolute Gasteiger partial charge is 0.506 e. The highest BCUT2D eigenvalue weighted by atomic mass is 35.5. The zero-order chi connectivity index (χ0) is 19.1. The van der Waals surface area contributed by atoms with Crippen LogP contribution >= 0.6 is 11.6 Å². The summed E-state index contributed by atoms with van der Waals surface area (Å²) in [5.74, 6) is 0.307. The fourth-order valence-electron chi connectivity index (χ4n) is 4.49. The monoisotopic (exact) mass is 386 g/mol. The summed E-state index contributed by atoms with van der Waals surface area (Å²) in [6.45, 7) is 0.965. The second-order valence-corrected chi connectivity index (χ2v) is 7.75. The minimum Gasteiger partial charge on any atom is -0.506 e. The van der Waals surface area contributed by atoms with E-state index in [0.29, 0.717) is 11.1 Å². The summed E-state index contributed by atoms with van der Waals surface area (Å²) in [6, 6.07) is 10.2. The lowest BCUT2D eigenvalue weighted by Crippen LogP contribution is -2.39. The number of likely N-dealkylation sites (N-methyl/N-ethyl adjacent to an activating group) is 1. The zero-order valence-electron chi connectivity index (χ0n) is 15.5. The van der Waals surface area contributed by atoms with Crippen LogP contribution in [0.3, 0.4) is 0 Å². The Morgan fingerprint density at radius 2 is 2.00 bits per heavy atom. The number of halogens is 1. The molecule has 2 aromatic rings. The molecule has 0 aromatic heterocycles. The molecule has 6 heteroatoms. The Morgan fingerprint density at radius 3 is 2.78 bits per heavy atom. The SMILES string of the molecule is COC(=O)Nc1ccc2c(c1)CC[C@H]1[C@H]2c2cc(O)c(Cl)cc2CCN1C. The van der Waals surface area contributed by atoms with Crippen LogP contribution in [0.5, 0.6) is 5.75 Å². The molecule has 1 aliphatic heterocycles. The van der Waals surface area contributed by atoms with Crippen LogP contribution in [0, 0.1) is 0 Å². The predicted molar refractivity (Wildman–Crippen MR) is 106 cm³/mol. The first-order chi connectivity index (χ1) is 13.0. The van der Waals surface area contributed by atoms with Gasteiger partial charge in [-0.15, -0.1) is 0 Å². The number of hydrogen-bond donors (Lipinski definition) is 2. The number of nitrogens with zero attached hydrogens (tertiary/aromatic N) is 1. The van der Waals surface area contributed by atoms with Crippen molar-refractivity contribution in [3.8, 4) is 5.75 Å². The second kappa shape index (κ2) is 7.06. The van der Waals surface area contributed by atoms with Gasteiger partial charge in [-0.25, -0.2) is 4.79 Å². The van der Waals surface area contributed by atoms with E-state index in [1.165, 1.54) is 23.8 Å². The molecular formula is C21H23ClN2O3. The van der Waals surface area contributed by atoms with E-state index >= 15 is 0 Å². The lowest BCUT2D eigenvalue weighted by Gasteiger charge is -2.38. The standard InChI is InChI=1S/C21H23ClN2O3/c1-24-8-7-13-10-17(22)19(25)11-16(13)20-15-5-4-14(23-21(26)27-2)9-12(15)3-6-18(20)24/h4-5,9-11,18,20,25H,3,6-8H2,1-2H3,(H,23,26)/t18-,20+/m0/s1. The number of phenols is 1. The van der Waals surface area contributed by atoms with Crippen molar-refractivity contribution < 1.29 is 14.6 Å². The second-order valence-electron chi connectivity index (χ2n) is 7.35. The zero-order valence-corrected chi connectivity index (χ0v) is 16.2. The van der Waals surface area contributed by atoms with E-state index < -0.39 is 6.09 Å². The molecule has 2 aliphatic rings.